The summed E-state index contributed by atoms with van der Waals surface area (Å²) in [6.07, 6.45) is 9.38. The quantitative estimate of drug-likeness (QED) is 0.141. The number of alkyl halides is 1. The minimum absolute atomic E-state index is 0.159. The van der Waals surface area contributed by atoms with Gasteiger partial charge in [-0.15, -0.1) is 0 Å². The molecule has 2 atom stereocenters. The molecule has 0 amide bonds. The Bertz CT molecular complexity index is 844. The fourth-order valence-corrected chi connectivity index (χ4v) is 3.96. The highest BCUT2D eigenvalue weighted by Crippen LogP contribution is 2.30. The minimum atomic E-state index is -0.616. The summed E-state index contributed by atoms with van der Waals surface area (Å²) in [5, 5.41) is 7.04. The number of halogens is 1. The molecule has 2 rings (SSSR count). The third-order valence-corrected chi connectivity index (χ3v) is 6.36. The summed E-state index contributed by atoms with van der Waals surface area (Å²) in [5.41, 5.74) is 5.86. The number of hydrogen-bond donors (Lipinski definition) is 2. The Morgan fingerprint density at radius 2 is 1.77 bits per heavy atom. The Morgan fingerprint density at radius 3 is 2.27 bits per heavy atom. The van der Waals surface area contributed by atoms with Crippen LogP contribution in [0.25, 0.3) is 0 Å². The molecule has 0 aromatic heterocycles. The molecule has 0 aromatic carbocycles. The lowest BCUT2D eigenvalue weighted by Gasteiger charge is -2.33. The van der Waals surface area contributed by atoms with Crippen molar-refractivity contribution in [1.29, 1.82) is 0 Å². The van der Waals surface area contributed by atoms with Crippen molar-refractivity contribution < 1.29 is 18.7 Å². The van der Waals surface area contributed by atoms with Crippen molar-refractivity contribution in [3.8, 4) is 0 Å². The number of ether oxygens (including phenoxy) is 2. The number of rotatable bonds is 12. The number of nitrogens with one attached hydrogen (secondary N) is 2. The molecule has 7 heteroatoms. The molecule has 40 heavy (non-hydrogen) atoms. The number of carbonyl (C=O) groups excluding carboxylic acids is 1. The topological polar surface area (TPSA) is 62.8 Å². The molecule has 232 valence electrons. The van der Waals surface area contributed by atoms with Crippen molar-refractivity contribution in [3.05, 3.63) is 58.8 Å². The highest BCUT2D eigenvalue weighted by molar-refractivity contribution is 5.69. The molecule has 0 fully saturated rings. The van der Waals surface area contributed by atoms with Crippen LogP contribution in [0.1, 0.15) is 108 Å². The van der Waals surface area contributed by atoms with Gasteiger partial charge in [0.15, 0.2) is 0 Å². The van der Waals surface area contributed by atoms with E-state index in [0.29, 0.717) is 32.6 Å². The van der Waals surface area contributed by atoms with Crippen molar-refractivity contribution in [2.24, 2.45) is 0 Å². The minimum Gasteiger partial charge on any atom is -0.493 e. The van der Waals surface area contributed by atoms with E-state index >= 15 is 0 Å². The molecular weight excluding hydrogens is 505 g/mol. The van der Waals surface area contributed by atoms with E-state index in [1.807, 2.05) is 60.6 Å². The Morgan fingerprint density at radius 1 is 1.15 bits per heavy atom. The van der Waals surface area contributed by atoms with Gasteiger partial charge in [0.25, 0.3) is 0 Å². The molecule has 6 nitrogen and oxygen atoms in total. The third kappa shape index (κ3) is 14.6. The fourth-order valence-electron chi connectivity index (χ4n) is 3.96. The van der Waals surface area contributed by atoms with E-state index in [1.165, 1.54) is 22.5 Å². The number of nitrogens with zero attached hydrogens (tertiary/aromatic N) is 1. The average Bonchev–Trinajstić information content (AvgIpc) is 3.36. The number of hydrogen-bond acceptors (Lipinski definition) is 6. The lowest BCUT2D eigenvalue weighted by Crippen LogP contribution is -2.34. The number of esters is 1. The second-order valence-electron chi connectivity index (χ2n) is 9.01. The maximum atomic E-state index is 11.8. The predicted octanol–water partition coefficient (Wildman–Crippen LogP) is 8.31. The van der Waals surface area contributed by atoms with Crippen LogP contribution in [0, 0.1) is 0 Å². The van der Waals surface area contributed by atoms with E-state index < -0.39 is 6.17 Å². The summed E-state index contributed by atoms with van der Waals surface area (Å²) in [5.74, 6) is 0.745. The average molecular weight is 566 g/mol. The maximum absolute atomic E-state index is 11.8. The first-order valence-electron chi connectivity index (χ1n) is 15.3. The number of allylic oxidation sites excluding steroid dienone is 5. The lowest BCUT2D eigenvalue weighted by molar-refractivity contribution is -0.143. The lowest BCUT2D eigenvalue weighted by atomic mass is 9.99. The standard InChI is InChI=1S/C25H39N3O3.C4H9F.2C2H6/c1-7-18(5)25-26-19(6)21(27-25)14-17-31-23(9-3)20-12-11-15-28(22(20)8-2)16-13-24(29)30-10-4;1-3-4(2)5;2*1-2/h7-9,25-27H,2,10-17H2,1,3-6H3;4H,3H2,1-2H3;2*1-2H3/b18-7+,23-9+;;;. The summed E-state index contributed by atoms with van der Waals surface area (Å²) in [7, 11) is 0. The zero-order valence-electron chi connectivity index (χ0n) is 27.5. The summed E-state index contributed by atoms with van der Waals surface area (Å²) in [6, 6.07) is 0. The molecule has 0 spiro atoms. The molecule has 2 aliphatic heterocycles. The van der Waals surface area contributed by atoms with E-state index in [4.69, 9.17) is 9.47 Å². The molecule has 0 bridgehead atoms. The van der Waals surface area contributed by atoms with Gasteiger partial charge in [-0.3, -0.25) is 4.79 Å². The first-order valence-corrected chi connectivity index (χ1v) is 15.3. The molecule has 0 saturated carbocycles. The van der Waals surface area contributed by atoms with Crippen LogP contribution in [0.15, 0.2) is 58.8 Å². The Labute approximate surface area is 245 Å². The highest BCUT2D eigenvalue weighted by Gasteiger charge is 2.23. The third-order valence-electron chi connectivity index (χ3n) is 6.36. The van der Waals surface area contributed by atoms with E-state index in [1.54, 1.807) is 6.92 Å². The van der Waals surface area contributed by atoms with Crippen LogP contribution in [-0.4, -0.2) is 49.5 Å². The molecule has 0 saturated heterocycles. The van der Waals surface area contributed by atoms with E-state index in [-0.39, 0.29) is 12.1 Å². The van der Waals surface area contributed by atoms with Gasteiger partial charge in [-0.2, -0.15) is 0 Å². The van der Waals surface area contributed by atoms with E-state index in [2.05, 4.69) is 49.0 Å². The van der Waals surface area contributed by atoms with Crippen LogP contribution < -0.4 is 10.6 Å². The second kappa shape index (κ2) is 24.1. The van der Waals surface area contributed by atoms with Gasteiger partial charge in [-0.05, 0) is 78.5 Å². The predicted molar refractivity (Wildman–Crippen MR) is 169 cm³/mol. The van der Waals surface area contributed by atoms with Crippen LogP contribution in [0.2, 0.25) is 0 Å². The molecule has 2 heterocycles. The Hall–Kier alpha value is -2.70. The SMILES string of the molecule is C=CC1=C(/C(=C\C)OCCC2=C(C)NC(/C(C)=C/C)N2)CCCN1CCC(=O)OCC.CC.CC.CCC(C)F. The van der Waals surface area contributed by atoms with Gasteiger partial charge in [0.05, 0.1) is 25.8 Å². The van der Waals surface area contributed by atoms with Crippen molar-refractivity contribution in [2.45, 2.75) is 121 Å². The summed E-state index contributed by atoms with van der Waals surface area (Å²) >= 11 is 0. The molecule has 2 aliphatic rings. The zero-order valence-corrected chi connectivity index (χ0v) is 27.5. The van der Waals surface area contributed by atoms with Gasteiger partial charge in [0, 0.05) is 42.2 Å². The van der Waals surface area contributed by atoms with Crippen molar-refractivity contribution in [3.63, 3.8) is 0 Å². The van der Waals surface area contributed by atoms with Crippen LogP contribution in [0.3, 0.4) is 0 Å². The van der Waals surface area contributed by atoms with Crippen LogP contribution in [0.5, 0.6) is 0 Å². The van der Waals surface area contributed by atoms with Gasteiger partial charge in [-0.1, -0.05) is 47.3 Å². The van der Waals surface area contributed by atoms with Gasteiger partial charge < -0.3 is 25.0 Å². The van der Waals surface area contributed by atoms with Gasteiger partial charge in [0.2, 0.25) is 0 Å². The first-order chi connectivity index (χ1) is 19.2. The van der Waals surface area contributed by atoms with Crippen LogP contribution in [-0.2, 0) is 14.3 Å². The van der Waals surface area contributed by atoms with Crippen molar-refractivity contribution in [2.75, 3.05) is 26.3 Å². The van der Waals surface area contributed by atoms with Gasteiger partial charge in [-0.25, -0.2) is 4.39 Å². The fraction of sp³-hybridized carbons (Fsp3) is 0.667. The second-order valence-corrected chi connectivity index (χ2v) is 9.01. The van der Waals surface area contributed by atoms with Crippen LogP contribution >= 0.6 is 0 Å². The van der Waals surface area contributed by atoms with E-state index in [0.717, 1.165) is 37.3 Å². The maximum Gasteiger partial charge on any atom is 0.307 e. The first kappa shape index (κ1) is 39.4. The monoisotopic (exact) mass is 565 g/mol. The van der Waals surface area contributed by atoms with Crippen LogP contribution in [0.4, 0.5) is 4.39 Å². The summed E-state index contributed by atoms with van der Waals surface area (Å²) < 4.78 is 22.7. The summed E-state index contributed by atoms with van der Waals surface area (Å²) in [6.45, 7) is 28.1. The molecular formula is C33H60FN3O3. The van der Waals surface area contributed by atoms with Crippen molar-refractivity contribution in [1.82, 2.24) is 15.5 Å². The highest BCUT2D eigenvalue weighted by atomic mass is 19.1. The Balaban J connectivity index is 0. The largest absolute Gasteiger partial charge is 0.493 e. The molecule has 0 aliphatic carbocycles. The van der Waals surface area contributed by atoms with Gasteiger partial charge in [0.1, 0.15) is 11.9 Å². The molecule has 0 radical (unpaired) electrons. The van der Waals surface area contributed by atoms with Gasteiger partial charge >= 0.3 is 5.97 Å². The normalized spacial score (nSPS) is 17.6. The Kier molecular flexibility index (Phi) is 23.8. The zero-order chi connectivity index (χ0) is 31.1. The number of carbonyl (C=O) groups is 1. The smallest absolute Gasteiger partial charge is 0.307 e. The molecule has 2 N–H and O–H groups in total. The molecule has 0 aromatic rings. The summed E-state index contributed by atoms with van der Waals surface area (Å²) in [4.78, 5) is 14.0. The molecule has 2 unspecified atom stereocenters. The van der Waals surface area contributed by atoms with E-state index in [9.17, 15) is 9.18 Å². The van der Waals surface area contributed by atoms with Crippen molar-refractivity contribution >= 4 is 5.97 Å².